The first kappa shape index (κ1) is 16.9. The van der Waals surface area contributed by atoms with Gasteiger partial charge in [0.1, 0.15) is 6.61 Å². The van der Waals surface area contributed by atoms with E-state index in [4.69, 9.17) is 9.84 Å². The summed E-state index contributed by atoms with van der Waals surface area (Å²) >= 11 is 0. The highest BCUT2D eigenvalue weighted by atomic mass is 16.5. The van der Waals surface area contributed by atoms with Crippen molar-refractivity contribution in [1.82, 2.24) is 10.2 Å². The second-order valence-electron chi connectivity index (χ2n) is 5.76. The summed E-state index contributed by atoms with van der Waals surface area (Å²) in [5, 5.41) is 11.5. The molecule has 6 heteroatoms. The molecule has 1 aliphatic rings. The first-order chi connectivity index (χ1) is 9.40. The molecule has 1 saturated heterocycles. The summed E-state index contributed by atoms with van der Waals surface area (Å²) in [5.41, 5.74) is 0. The van der Waals surface area contributed by atoms with Gasteiger partial charge in [0.25, 0.3) is 0 Å². The normalized spacial score (nSPS) is 19.0. The van der Waals surface area contributed by atoms with Gasteiger partial charge >= 0.3 is 5.97 Å². The zero-order valence-corrected chi connectivity index (χ0v) is 12.6. The van der Waals surface area contributed by atoms with Gasteiger partial charge in [-0.15, -0.1) is 0 Å². The van der Waals surface area contributed by atoms with Crippen LogP contribution in [0, 0.1) is 5.92 Å². The number of ether oxygens (including phenoxy) is 1. The monoisotopic (exact) mass is 286 g/mol. The zero-order valence-electron chi connectivity index (χ0n) is 12.6. The van der Waals surface area contributed by atoms with Crippen molar-refractivity contribution in [2.75, 3.05) is 26.2 Å². The Morgan fingerprint density at radius 3 is 2.40 bits per heavy atom. The van der Waals surface area contributed by atoms with Crippen molar-refractivity contribution in [1.29, 1.82) is 0 Å². The number of amides is 1. The Labute approximate surface area is 120 Å². The predicted octanol–water partition coefficient (Wildman–Crippen LogP) is 0.713. The maximum Gasteiger partial charge on any atom is 0.329 e. The molecule has 0 bridgehead atoms. The minimum absolute atomic E-state index is 0.00623. The molecule has 116 valence electrons. The molecule has 1 atom stereocenters. The van der Waals surface area contributed by atoms with E-state index >= 15 is 0 Å². The third kappa shape index (κ3) is 5.88. The minimum atomic E-state index is -0.936. The third-order valence-corrected chi connectivity index (χ3v) is 3.53. The average Bonchev–Trinajstić information content (AvgIpc) is 2.42. The Morgan fingerprint density at radius 2 is 1.90 bits per heavy atom. The van der Waals surface area contributed by atoms with Crippen LogP contribution < -0.4 is 5.32 Å². The lowest BCUT2D eigenvalue weighted by Crippen LogP contribution is -2.49. The summed E-state index contributed by atoms with van der Waals surface area (Å²) < 4.78 is 5.29. The van der Waals surface area contributed by atoms with Crippen LogP contribution in [0.1, 0.15) is 33.6 Å². The van der Waals surface area contributed by atoms with Crippen LogP contribution in [-0.2, 0) is 14.3 Å². The fourth-order valence-electron chi connectivity index (χ4n) is 2.24. The van der Waals surface area contributed by atoms with E-state index in [1.807, 2.05) is 6.92 Å². The molecule has 1 heterocycles. The van der Waals surface area contributed by atoms with Crippen LogP contribution in [-0.4, -0.2) is 60.3 Å². The number of piperidine rings is 1. The van der Waals surface area contributed by atoms with E-state index in [9.17, 15) is 9.59 Å². The highest BCUT2D eigenvalue weighted by Gasteiger charge is 2.27. The predicted molar refractivity (Wildman–Crippen MR) is 75.5 cm³/mol. The van der Waals surface area contributed by atoms with E-state index < -0.39 is 5.97 Å². The zero-order chi connectivity index (χ0) is 15.1. The van der Waals surface area contributed by atoms with Gasteiger partial charge in [0.2, 0.25) is 5.91 Å². The topological polar surface area (TPSA) is 78.9 Å². The van der Waals surface area contributed by atoms with Crippen molar-refractivity contribution >= 4 is 11.9 Å². The summed E-state index contributed by atoms with van der Waals surface area (Å²) in [7, 11) is 0. The number of rotatable bonds is 7. The van der Waals surface area contributed by atoms with Gasteiger partial charge in [-0.2, -0.15) is 0 Å². The van der Waals surface area contributed by atoms with E-state index in [0.717, 1.165) is 25.9 Å². The quantitative estimate of drug-likeness (QED) is 0.721. The summed E-state index contributed by atoms with van der Waals surface area (Å²) in [6.07, 6.45) is 1.54. The van der Waals surface area contributed by atoms with Crippen molar-refractivity contribution < 1.29 is 19.4 Å². The van der Waals surface area contributed by atoms with Crippen LogP contribution in [0.5, 0.6) is 0 Å². The number of carbonyl (C=O) groups is 2. The standard InChI is InChI=1S/C14H26N2O4/c1-10(2)8-15-14(19)11(3)16-6-4-12(5-7-16)20-9-13(17)18/h10-12H,4-9H2,1-3H3,(H,15,19)(H,17,18). The Morgan fingerprint density at radius 1 is 1.30 bits per heavy atom. The third-order valence-electron chi connectivity index (χ3n) is 3.53. The van der Waals surface area contributed by atoms with Gasteiger partial charge in [0, 0.05) is 19.6 Å². The molecule has 0 spiro atoms. The van der Waals surface area contributed by atoms with Gasteiger partial charge in [-0.05, 0) is 25.7 Å². The van der Waals surface area contributed by atoms with Crippen LogP contribution in [0.25, 0.3) is 0 Å². The van der Waals surface area contributed by atoms with Gasteiger partial charge in [-0.3, -0.25) is 9.69 Å². The molecule has 0 radical (unpaired) electrons. The number of hydrogen-bond acceptors (Lipinski definition) is 4. The molecule has 1 amide bonds. The second kappa shape index (κ2) is 8.21. The Kier molecular flexibility index (Phi) is 6.95. The van der Waals surface area contributed by atoms with Crippen molar-refractivity contribution in [2.24, 2.45) is 5.92 Å². The molecule has 1 rings (SSSR count). The van der Waals surface area contributed by atoms with Crippen LogP contribution in [0.3, 0.4) is 0 Å². The molecule has 1 unspecified atom stereocenters. The highest BCUT2D eigenvalue weighted by Crippen LogP contribution is 2.16. The van der Waals surface area contributed by atoms with E-state index in [1.165, 1.54) is 0 Å². The van der Waals surface area contributed by atoms with Crippen molar-refractivity contribution in [3.05, 3.63) is 0 Å². The highest BCUT2D eigenvalue weighted by molar-refractivity contribution is 5.81. The van der Waals surface area contributed by atoms with Gasteiger partial charge in [0.05, 0.1) is 12.1 Å². The Hall–Kier alpha value is -1.14. The average molecular weight is 286 g/mol. The van der Waals surface area contributed by atoms with Crippen LogP contribution >= 0.6 is 0 Å². The Balaban J connectivity index is 2.29. The smallest absolute Gasteiger partial charge is 0.329 e. The maximum atomic E-state index is 12.0. The number of likely N-dealkylation sites (tertiary alicyclic amines) is 1. The fraction of sp³-hybridized carbons (Fsp3) is 0.857. The summed E-state index contributed by atoms with van der Waals surface area (Å²) in [6.45, 7) is 8.03. The number of aliphatic carboxylic acids is 1. The van der Waals surface area contributed by atoms with E-state index in [2.05, 4.69) is 24.1 Å². The van der Waals surface area contributed by atoms with E-state index in [0.29, 0.717) is 12.5 Å². The minimum Gasteiger partial charge on any atom is -0.480 e. The SMILES string of the molecule is CC(C)CNC(=O)C(C)N1CCC(OCC(=O)O)CC1. The van der Waals surface area contributed by atoms with E-state index in [1.54, 1.807) is 0 Å². The first-order valence-corrected chi connectivity index (χ1v) is 7.25. The lowest BCUT2D eigenvalue weighted by molar-refractivity contribution is -0.145. The largest absolute Gasteiger partial charge is 0.480 e. The number of carboxylic acid groups (broad SMARTS) is 1. The van der Waals surface area contributed by atoms with Crippen molar-refractivity contribution in [3.63, 3.8) is 0 Å². The molecular formula is C14H26N2O4. The molecule has 0 aromatic rings. The van der Waals surface area contributed by atoms with Gasteiger partial charge < -0.3 is 15.2 Å². The molecular weight excluding hydrogens is 260 g/mol. The molecule has 0 aliphatic carbocycles. The van der Waals surface area contributed by atoms with Crippen LogP contribution in [0.4, 0.5) is 0 Å². The fourth-order valence-corrected chi connectivity index (χ4v) is 2.24. The molecule has 20 heavy (non-hydrogen) atoms. The lowest BCUT2D eigenvalue weighted by Gasteiger charge is -2.35. The molecule has 0 aromatic carbocycles. The lowest BCUT2D eigenvalue weighted by atomic mass is 10.1. The number of nitrogens with zero attached hydrogens (tertiary/aromatic N) is 1. The molecule has 0 aromatic heterocycles. The van der Waals surface area contributed by atoms with Crippen molar-refractivity contribution in [3.8, 4) is 0 Å². The van der Waals surface area contributed by atoms with Gasteiger partial charge in [-0.1, -0.05) is 13.8 Å². The van der Waals surface area contributed by atoms with Gasteiger partial charge in [0.15, 0.2) is 0 Å². The number of carboxylic acids is 1. The molecule has 2 N–H and O–H groups in total. The number of nitrogens with one attached hydrogen (secondary N) is 1. The molecule has 1 fully saturated rings. The number of carbonyl (C=O) groups excluding carboxylic acids is 1. The van der Waals surface area contributed by atoms with Crippen LogP contribution in [0.15, 0.2) is 0 Å². The molecule has 1 aliphatic heterocycles. The second-order valence-corrected chi connectivity index (χ2v) is 5.76. The van der Waals surface area contributed by atoms with E-state index in [-0.39, 0.29) is 24.7 Å². The summed E-state index contributed by atoms with van der Waals surface area (Å²) in [4.78, 5) is 24.5. The summed E-state index contributed by atoms with van der Waals surface area (Å²) in [5.74, 6) is -0.432. The van der Waals surface area contributed by atoms with Gasteiger partial charge in [-0.25, -0.2) is 4.79 Å². The Bertz CT molecular complexity index is 325. The molecule has 0 saturated carbocycles. The number of hydrogen-bond donors (Lipinski definition) is 2. The maximum absolute atomic E-state index is 12.0. The first-order valence-electron chi connectivity index (χ1n) is 7.25. The molecule has 6 nitrogen and oxygen atoms in total. The van der Waals surface area contributed by atoms with Crippen LogP contribution in [0.2, 0.25) is 0 Å². The summed E-state index contributed by atoms with van der Waals surface area (Å²) in [6, 6.07) is -0.144. The van der Waals surface area contributed by atoms with Crippen molar-refractivity contribution in [2.45, 2.75) is 45.8 Å².